The van der Waals surface area contributed by atoms with Gasteiger partial charge in [0.25, 0.3) is 0 Å². The van der Waals surface area contributed by atoms with E-state index < -0.39 is 0 Å². The molecule has 1 saturated heterocycles. The van der Waals surface area contributed by atoms with Crippen molar-refractivity contribution < 1.29 is 9.59 Å². The highest BCUT2D eigenvalue weighted by molar-refractivity contribution is 5.82. The molecule has 0 saturated carbocycles. The fourth-order valence-electron chi connectivity index (χ4n) is 2.37. The number of likely N-dealkylation sites (tertiary alicyclic amines) is 1. The van der Waals surface area contributed by atoms with Gasteiger partial charge in [0, 0.05) is 31.6 Å². The summed E-state index contributed by atoms with van der Waals surface area (Å²) in [5.74, 6) is 0.103. The Morgan fingerprint density at radius 3 is 2.50 bits per heavy atom. The molecule has 1 rings (SSSR count). The van der Waals surface area contributed by atoms with E-state index >= 15 is 0 Å². The van der Waals surface area contributed by atoms with Crippen LogP contribution >= 0.6 is 0 Å². The Balaban J connectivity index is 2.60. The first kappa shape index (κ1) is 16.5. The Kier molecular flexibility index (Phi) is 5.20. The van der Waals surface area contributed by atoms with Gasteiger partial charge in [-0.1, -0.05) is 12.2 Å². The van der Waals surface area contributed by atoms with Crippen LogP contribution in [0, 0.1) is 0 Å². The van der Waals surface area contributed by atoms with Crippen molar-refractivity contribution in [2.24, 2.45) is 0 Å². The molecule has 3 amide bonds. The van der Waals surface area contributed by atoms with Gasteiger partial charge in [0.2, 0.25) is 5.91 Å². The van der Waals surface area contributed by atoms with Crippen molar-refractivity contribution in [3.8, 4) is 0 Å². The van der Waals surface area contributed by atoms with Crippen LogP contribution in [0.5, 0.6) is 0 Å². The van der Waals surface area contributed by atoms with Crippen LogP contribution in [0.25, 0.3) is 0 Å². The van der Waals surface area contributed by atoms with E-state index in [-0.39, 0.29) is 23.5 Å². The Labute approximate surface area is 122 Å². The average Bonchev–Trinajstić information content (AvgIpc) is 2.66. The summed E-state index contributed by atoms with van der Waals surface area (Å²) < 4.78 is 0. The zero-order chi connectivity index (χ0) is 15.5. The zero-order valence-corrected chi connectivity index (χ0v) is 13.3. The van der Waals surface area contributed by atoms with Gasteiger partial charge in [-0.2, -0.15) is 0 Å². The molecule has 20 heavy (non-hydrogen) atoms. The standard InChI is InChI=1S/C15H27N3O2/c1-7-17(9-11(2)3)14(20)16-12-8-13(19)18(10-12)15(4,5)6/h12H,2,7-10H2,1,3-6H3,(H,16,20). The molecule has 1 N–H and O–H groups in total. The van der Waals surface area contributed by atoms with Crippen molar-refractivity contribution in [1.82, 2.24) is 15.1 Å². The fourth-order valence-corrected chi connectivity index (χ4v) is 2.37. The van der Waals surface area contributed by atoms with Crippen molar-refractivity contribution in [2.45, 2.75) is 52.6 Å². The molecule has 1 unspecified atom stereocenters. The second kappa shape index (κ2) is 6.29. The van der Waals surface area contributed by atoms with E-state index in [1.165, 1.54) is 0 Å². The number of carbonyl (C=O) groups is 2. The number of rotatable bonds is 4. The van der Waals surface area contributed by atoms with Gasteiger partial charge in [-0.15, -0.1) is 0 Å². The smallest absolute Gasteiger partial charge is 0.317 e. The third kappa shape index (κ3) is 4.25. The summed E-state index contributed by atoms with van der Waals surface area (Å²) >= 11 is 0. The first-order chi connectivity index (χ1) is 9.15. The number of nitrogens with one attached hydrogen (secondary N) is 1. The molecule has 1 atom stereocenters. The largest absolute Gasteiger partial charge is 0.336 e. The molecule has 0 aromatic heterocycles. The normalized spacial score (nSPS) is 19.1. The molecule has 1 heterocycles. The summed E-state index contributed by atoms with van der Waals surface area (Å²) in [5, 5.41) is 2.95. The molecule has 0 bridgehead atoms. The first-order valence-electron chi connectivity index (χ1n) is 7.15. The number of urea groups is 1. The predicted molar refractivity (Wildman–Crippen MR) is 80.5 cm³/mol. The minimum absolute atomic E-state index is 0.103. The molecule has 0 aliphatic carbocycles. The van der Waals surface area contributed by atoms with Gasteiger partial charge in [0.05, 0.1) is 6.04 Å². The fraction of sp³-hybridized carbons (Fsp3) is 0.733. The molecule has 0 aromatic rings. The van der Waals surface area contributed by atoms with E-state index in [1.54, 1.807) is 4.90 Å². The highest BCUT2D eigenvalue weighted by Crippen LogP contribution is 2.21. The van der Waals surface area contributed by atoms with Crippen LogP contribution in [0.1, 0.15) is 41.0 Å². The Bertz CT molecular complexity index is 398. The molecule has 5 heteroatoms. The minimum atomic E-state index is -0.196. The number of carbonyl (C=O) groups excluding carboxylic acids is 2. The maximum atomic E-state index is 12.2. The molecule has 1 aliphatic rings. The van der Waals surface area contributed by atoms with E-state index in [1.807, 2.05) is 39.5 Å². The molecular formula is C15H27N3O2. The summed E-state index contributed by atoms with van der Waals surface area (Å²) in [6.45, 7) is 15.4. The maximum Gasteiger partial charge on any atom is 0.317 e. The lowest BCUT2D eigenvalue weighted by Gasteiger charge is -2.32. The number of likely N-dealkylation sites (N-methyl/N-ethyl adjacent to an activating group) is 1. The lowest BCUT2D eigenvalue weighted by molar-refractivity contribution is -0.131. The van der Waals surface area contributed by atoms with Gasteiger partial charge >= 0.3 is 6.03 Å². The van der Waals surface area contributed by atoms with Gasteiger partial charge in [-0.25, -0.2) is 4.79 Å². The number of nitrogens with zero attached hydrogens (tertiary/aromatic N) is 2. The molecular weight excluding hydrogens is 254 g/mol. The van der Waals surface area contributed by atoms with E-state index in [0.29, 0.717) is 26.1 Å². The summed E-state index contributed by atoms with van der Waals surface area (Å²) in [5.41, 5.74) is 0.749. The van der Waals surface area contributed by atoms with Crippen LogP contribution in [0.2, 0.25) is 0 Å². The van der Waals surface area contributed by atoms with Crippen LogP contribution in [0.4, 0.5) is 4.79 Å². The SMILES string of the molecule is C=C(C)CN(CC)C(=O)NC1CC(=O)N(C(C)(C)C)C1. The second-order valence-corrected chi connectivity index (χ2v) is 6.50. The first-order valence-corrected chi connectivity index (χ1v) is 7.15. The van der Waals surface area contributed by atoms with Crippen LogP contribution in [-0.4, -0.2) is 53.0 Å². The zero-order valence-electron chi connectivity index (χ0n) is 13.3. The Morgan fingerprint density at radius 1 is 1.50 bits per heavy atom. The lowest BCUT2D eigenvalue weighted by atomic mass is 10.1. The topological polar surface area (TPSA) is 52.7 Å². The number of amides is 3. The van der Waals surface area contributed by atoms with E-state index in [9.17, 15) is 9.59 Å². The number of hydrogen-bond donors (Lipinski definition) is 1. The summed E-state index contributed by atoms with van der Waals surface area (Å²) in [4.78, 5) is 27.7. The molecule has 5 nitrogen and oxygen atoms in total. The van der Waals surface area contributed by atoms with E-state index in [0.717, 1.165) is 5.57 Å². The second-order valence-electron chi connectivity index (χ2n) is 6.50. The summed E-state index contributed by atoms with van der Waals surface area (Å²) in [7, 11) is 0. The van der Waals surface area contributed by atoms with Crippen molar-refractivity contribution in [3.63, 3.8) is 0 Å². The maximum absolute atomic E-state index is 12.2. The monoisotopic (exact) mass is 281 g/mol. The Morgan fingerprint density at radius 2 is 2.10 bits per heavy atom. The van der Waals surface area contributed by atoms with E-state index in [4.69, 9.17) is 0 Å². The van der Waals surface area contributed by atoms with Gasteiger partial charge in [0.15, 0.2) is 0 Å². The lowest BCUT2D eigenvalue weighted by Crippen LogP contribution is -2.48. The molecule has 0 spiro atoms. The van der Waals surface area contributed by atoms with Crippen LogP contribution < -0.4 is 5.32 Å². The van der Waals surface area contributed by atoms with Crippen molar-refractivity contribution in [1.29, 1.82) is 0 Å². The summed E-state index contributed by atoms with van der Waals surface area (Å²) in [6.07, 6.45) is 0.383. The predicted octanol–water partition coefficient (Wildman–Crippen LogP) is 1.99. The molecule has 0 aromatic carbocycles. The van der Waals surface area contributed by atoms with Crippen LogP contribution in [0.3, 0.4) is 0 Å². The van der Waals surface area contributed by atoms with Crippen LogP contribution in [0.15, 0.2) is 12.2 Å². The van der Waals surface area contributed by atoms with Gasteiger partial charge in [-0.3, -0.25) is 4.79 Å². The molecule has 1 fully saturated rings. The molecule has 0 radical (unpaired) electrons. The van der Waals surface area contributed by atoms with Crippen LogP contribution in [-0.2, 0) is 4.79 Å². The van der Waals surface area contributed by atoms with Gasteiger partial charge in [-0.05, 0) is 34.6 Å². The van der Waals surface area contributed by atoms with E-state index in [2.05, 4.69) is 11.9 Å². The van der Waals surface area contributed by atoms with Crippen molar-refractivity contribution >= 4 is 11.9 Å². The minimum Gasteiger partial charge on any atom is -0.336 e. The average molecular weight is 281 g/mol. The molecule has 114 valence electrons. The Hall–Kier alpha value is -1.52. The van der Waals surface area contributed by atoms with Gasteiger partial charge < -0.3 is 15.1 Å². The molecule has 1 aliphatic heterocycles. The quantitative estimate of drug-likeness (QED) is 0.801. The van der Waals surface area contributed by atoms with Gasteiger partial charge in [0.1, 0.15) is 0 Å². The third-order valence-corrected chi connectivity index (χ3v) is 3.39. The highest BCUT2D eigenvalue weighted by Gasteiger charge is 2.37. The highest BCUT2D eigenvalue weighted by atomic mass is 16.2. The third-order valence-electron chi connectivity index (χ3n) is 3.39. The number of hydrogen-bond acceptors (Lipinski definition) is 2. The van der Waals surface area contributed by atoms with Crippen molar-refractivity contribution in [2.75, 3.05) is 19.6 Å². The van der Waals surface area contributed by atoms with Crippen molar-refractivity contribution in [3.05, 3.63) is 12.2 Å². The summed E-state index contributed by atoms with van der Waals surface area (Å²) in [6, 6.07) is -0.225.